The summed E-state index contributed by atoms with van der Waals surface area (Å²) in [5, 5.41) is 55.6. The number of likely N-dealkylation sites (N-methyl/N-ethyl adjacent to an activating group) is 1. The van der Waals surface area contributed by atoms with Gasteiger partial charge in [-0.2, -0.15) is 0 Å². The van der Waals surface area contributed by atoms with E-state index in [0.29, 0.717) is 6.42 Å². The second kappa shape index (κ2) is 24.3. The third kappa shape index (κ3) is 13.6. The number of esters is 1. The molecule has 0 aromatic rings. The van der Waals surface area contributed by atoms with Crippen LogP contribution in [0.25, 0.3) is 0 Å². The molecule has 4 aliphatic heterocycles. The number of nitrogens with zero attached hydrogens (tertiary/aromatic N) is 1. The van der Waals surface area contributed by atoms with E-state index < -0.39 is 140 Å². The lowest BCUT2D eigenvalue weighted by atomic mass is 9.79. The molecule has 0 spiro atoms. The van der Waals surface area contributed by atoms with Gasteiger partial charge in [-0.3, -0.25) is 9.59 Å². The van der Waals surface area contributed by atoms with E-state index >= 15 is 0 Å². The number of carbonyl (C=O) groups is 3. The van der Waals surface area contributed by atoms with Crippen LogP contribution in [0.1, 0.15) is 93.9 Å². The maximum absolute atomic E-state index is 13.8. The molecule has 4 aliphatic rings. The third-order valence-electron chi connectivity index (χ3n) is 13.9. The van der Waals surface area contributed by atoms with Crippen LogP contribution in [0.4, 0.5) is 0 Å². The highest BCUT2D eigenvalue weighted by atomic mass is 16.7. The van der Waals surface area contributed by atoms with Crippen molar-refractivity contribution in [3.63, 3.8) is 0 Å². The standard InChI is InChI=1S/C46H79NO17/c1-13-34-30(22-58-45-43(57-12)42(56-11)39(53)26(5)61-45)38(52)23(2)14-15-32(49)24(3)18-29(16-17-48)40(25(4)33(50)20-35(51)62-34)63-36-19-31(47(9)10)41(27(6)59-36)64-37-21-46(8,55)44(54)28(7)60-37/h14-15,17,23-31,33-34,36-45,50,52-55H,13,16,18-22H2,1-12H3/b15-14+/t23?,24-,25+,26-,27+,28-,29+,30-,31+,33-,34-,36-,37-,38?,39-,40-,41+,42-,43-,44-,45-,46+/m1/s1. The lowest BCUT2D eigenvalue weighted by Crippen LogP contribution is -2.60. The van der Waals surface area contributed by atoms with Crippen molar-refractivity contribution in [2.24, 2.45) is 29.6 Å². The van der Waals surface area contributed by atoms with Crippen LogP contribution in [0, 0.1) is 29.6 Å². The SMILES string of the molecule is CC[C@H]1OC(=O)C[C@@H](O)[C@H](C)[C@@H](O[C@@H]2C[C@H](N(C)C)[C@@H](O[C@@H]3C[C@](C)(O)[C@H](O)[C@@H](C)O3)[C@H](C)O2)[C@@H](CC=O)C[C@@H](C)C(=O)/C=C/C(C)C(O)[C@@H]1CO[C@@H]1O[C@H](C)[C@@H](O)[C@@H](OC)[C@H]1OC. The minimum Gasteiger partial charge on any atom is -0.462 e. The van der Waals surface area contributed by atoms with E-state index in [1.54, 1.807) is 54.5 Å². The van der Waals surface area contributed by atoms with Gasteiger partial charge in [0, 0.05) is 63.2 Å². The highest BCUT2D eigenvalue weighted by molar-refractivity contribution is 5.91. The number of ketones is 1. The van der Waals surface area contributed by atoms with Crippen molar-refractivity contribution in [1.29, 1.82) is 0 Å². The van der Waals surface area contributed by atoms with Crippen molar-refractivity contribution >= 4 is 18.0 Å². The van der Waals surface area contributed by atoms with Gasteiger partial charge in [0.25, 0.3) is 0 Å². The Morgan fingerprint density at radius 1 is 0.844 bits per heavy atom. The first-order chi connectivity index (χ1) is 30.1. The fourth-order valence-electron chi connectivity index (χ4n) is 9.74. The molecule has 0 amide bonds. The van der Waals surface area contributed by atoms with Gasteiger partial charge in [0.1, 0.15) is 42.9 Å². The molecule has 4 rings (SSSR count). The van der Waals surface area contributed by atoms with E-state index in [-0.39, 0.29) is 44.1 Å². The number of hydrogen-bond donors (Lipinski definition) is 5. The molecule has 18 heteroatoms. The predicted molar refractivity (Wildman–Crippen MR) is 230 cm³/mol. The summed E-state index contributed by atoms with van der Waals surface area (Å²) >= 11 is 0. The van der Waals surface area contributed by atoms with Gasteiger partial charge in [0.05, 0.1) is 55.3 Å². The Morgan fingerprint density at radius 3 is 2.08 bits per heavy atom. The molecule has 0 bridgehead atoms. The van der Waals surface area contributed by atoms with E-state index in [1.165, 1.54) is 20.3 Å². The van der Waals surface area contributed by atoms with Crippen LogP contribution < -0.4 is 0 Å². The first-order valence-corrected chi connectivity index (χ1v) is 23.0. The third-order valence-corrected chi connectivity index (χ3v) is 13.9. The van der Waals surface area contributed by atoms with Gasteiger partial charge in [-0.1, -0.05) is 33.8 Å². The number of carbonyl (C=O) groups excluding carboxylic acids is 3. The second-order valence-corrected chi connectivity index (χ2v) is 19.1. The van der Waals surface area contributed by atoms with Crippen molar-refractivity contribution in [3.05, 3.63) is 12.2 Å². The van der Waals surface area contributed by atoms with Crippen LogP contribution in [-0.4, -0.2) is 187 Å². The normalized spacial score (nSPS) is 46.4. The molecule has 5 N–H and O–H groups in total. The van der Waals surface area contributed by atoms with E-state index in [2.05, 4.69) is 0 Å². The van der Waals surface area contributed by atoms with Gasteiger partial charge in [-0.25, -0.2) is 0 Å². The predicted octanol–water partition coefficient (Wildman–Crippen LogP) is 1.91. The molecule has 22 atom stereocenters. The number of allylic oxidation sites excluding steroid dienone is 1. The average molecular weight is 918 g/mol. The van der Waals surface area contributed by atoms with Gasteiger partial charge in [0.2, 0.25) is 0 Å². The minimum atomic E-state index is -1.43. The molecular formula is C46H79NO17. The molecule has 0 radical (unpaired) electrons. The summed E-state index contributed by atoms with van der Waals surface area (Å²) in [4.78, 5) is 41.8. The summed E-state index contributed by atoms with van der Waals surface area (Å²) < 4.78 is 55.0. The van der Waals surface area contributed by atoms with Crippen LogP contribution in [-0.2, 0) is 57.0 Å². The van der Waals surface area contributed by atoms with Gasteiger partial charge >= 0.3 is 5.97 Å². The molecule has 3 saturated heterocycles. The smallest absolute Gasteiger partial charge is 0.308 e. The van der Waals surface area contributed by atoms with Crippen molar-refractivity contribution < 1.29 is 82.5 Å². The summed E-state index contributed by atoms with van der Waals surface area (Å²) in [7, 11) is 6.67. The first kappa shape index (κ1) is 54.6. The van der Waals surface area contributed by atoms with E-state index in [9.17, 15) is 39.9 Å². The van der Waals surface area contributed by atoms with Crippen molar-refractivity contribution in [3.8, 4) is 0 Å². The number of aliphatic hydroxyl groups is 5. The zero-order valence-corrected chi connectivity index (χ0v) is 39.9. The van der Waals surface area contributed by atoms with E-state index in [0.717, 1.165) is 6.29 Å². The first-order valence-electron chi connectivity index (χ1n) is 23.0. The number of aliphatic hydroxyl groups excluding tert-OH is 4. The Kier molecular flexibility index (Phi) is 20.8. The summed E-state index contributed by atoms with van der Waals surface area (Å²) in [6.07, 6.45) is -8.97. The molecule has 64 heavy (non-hydrogen) atoms. The fourth-order valence-corrected chi connectivity index (χ4v) is 9.74. The van der Waals surface area contributed by atoms with Gasteiger partial charge in [0.15, 0.2) is 24.7 Å². The summed E-state index contributed by atoms with van der Waals surface area (Å²) in [6.45, 7) is 13.6. The Balaban J connectivity index is 1.60. The van der Waals surface area contributed by atoms with E-state index in [1.807, 2.05) is 25.9 Å². The second-order valence-electron chi connectivity index (χ2n) is 19.1. The lowest BCUT2D eigenvalue weighted by molar-refractivity contribution is -0.322. The molecule has 4 heterocycles. The number of methoxy groups -OCH3 is 2. The highest BCUT2D eigenvalue weighted by Gasteiger charge is 2.49. The fraction of sp³-hybridized carbons (Fsp3) is 0.891. The Bertz CT molecular complexity index is 1500. The Hall–Kier alpha value is -2.01. The van der Waals surface area contributed by atoms with E-state index in [4.69, 9.17) is 42.6 Å². The molecule has 370 valence electrons. The average Bonchev–Trinajstić information content (AvgIpc) is 3.23. The van der Waals surface area contributed by atoms with Crippen molar-refractivity contribution in [2.45, 2.75) is 198 Å². The maximum atomic E-state index is 13.8. The van der Waals surface area contributed by atoms with Crippen LogP contribution in [0.15, 0.2) is 12.2 Å². The molecule has 0 aromatic carbocycles. The largest absolute Gasteiger partial charge is 0.462 e. The van der Waals surface area contributed by atoms with Gasteiger partial charge in [-0.15, -0.1) is 0 Å². The number of cyclic esters (lactones) is 1. The molecule has 2 unspecified atom stereocenters. The number of ether oxygens (including phenoxy) is 9. The molecule has 0 saturated carbocycles. The van der Waals surface area contributed by atoms with Crippen LogP contribution in [0.3, 0.4) is 0 Å². The quantitative estimate of drug-likeness (QED) is 0.131. The van der Waals surface area contributed by atoms with Gasteiger partial charge < -0.3 is 77.9 Å². The van der Waals surface area contributed by atoms with Crippen LogP contribution >= 0.6 is 0 Å². The number of rotatable bonds is 13. The van der Waals surface area contributed by atoms with Crippen LogP contribution in [0.5, 0.6) is 0 Å². The van der Waals surface area contributed by atoms with Crippen LogP contribution in [0.2, 0.25) is 0 Å². The molecule has 0 aliphatic carbocycles. The van der Waals surface area contributed by atoms with Gasteiger partial charge in [-0.05, 0) is 66.6 Å². The number of hydrogen-bond acceptors (Lipinski definition) is 18. The molecule has 18 nitrogen and oxygen atoms in total. The zero-order chi connectivity index (χ0) is 47.8. The number of aldehydes is 1. The Labute approximate surface area is 379 Å². The summed E-state index contributed by atoms with van der Waals surface area (Å²) in [6, 6.07) is -0.289. The molecule has 0 aromatic heterocycles. The topological polar surface area (TPSA) is 239 Å². The van der Waals surface area contributed by atoms with Crippen molar-refractivity contribution in [1.82, 2.24) is 4.90 Å². The molecular weight excluding hydrogens is 838 g/mol. The monoisotopic (exact) mass is 918 g/mol. The Morgan fingerprint density at radius 2 is 1.48 bits per heavy atom. The molecule has 3 fully saturated rings. The maximum Gasteiger partial charge on any atom is 0.308 e. The highest BCUT2D eigenvalue weighted by Crippen LogP contribution is 2.37. The van der Waals surface area contributed by atoms with Crippen molar-refractivity contribution in [2.75, 3.05) is 34.9 Å². The zero-order valence-electron chi connectivity index (χ0n) is 39.9. The lowest BCUT2D eigenvalue weighted by Gasteiger charge is -2.48. The summed E-state index contributed by atoms with van der Waals surface area (Å²) in [5.74, 6) is -4.38. The minimum absolute atomic E-state index is 0.00613. The summed E-state index contributed by atoms with van der Waals surface area (Å²) in [5.41, 5.74) is -1.43.